The lowest BCUT2D eigenvalue weighted by molar-refractivity contribution is -0.145. The number of amides is 1. The van der Waals surface area contributed by atoms with Gasteiger partial charge >= 0.3 is 5.97 Å². The number of carbonyl (C=O) groups is 2. The van der Waals surface area contributed by atoms with Gasteiger partial charge in [0.25, 0.3) is 5.91 Å². The van der Waals surface area contributed by atoms with E-state index in [0.717, 1.165) is 37.1 Å². The highest BCUT2D eigenvalue weighted by molar-refractivity contribution is 5.97. The van der Waals surface area contributed by atoms with Crippen molar-refractivity contribution in [3.05, 3.63) is 41.3 Å². The summed E-state index contributed by atoms with van der Waals surface area (Å²) in [6, 6.07) is 5.32. The first-order chi connectivity index (χ1) is 12.4. The van der Waals surface area contributed by atoms with Gasteiger partial charge in [-0.3, -0.25) is 4.79 Å². The van der Waals surface area contributed by atoms with Crippen LogP contribution < -0.4 is 5.32 Å². The Labute approximate surface area is 152 Å². The minimum atomic E-state index is -1.18. The largest absolute Gasteiger partial charge is 0.480 e. The second-order valence-corrected chi connectivity index (χ2v) is 7.00. The van der Waals surface area contributed by atoms with E-state index in [1.807, 2.05) is 19.9 Å². The normalized spacial score (nSPS) is 16.7. The number of rotatable bonds is 4. The Morgan fingerprint density at radius 3 is 2.35 bits per heavy atom. The van der Waals surface area contributed by atoms with Crippen molar-refractivity contribution >= 4 is 11.9 Å². The fourth-order valence-corrected chi connectivity index (χ4v) is 3.52. The first-order valence-corrected chi connectivity index (χ1v) is 8.97. The SMILES string of the molecule is Cc1cc(C)n(-c2ccc(C(=O)NC3(C(=O)O)CCCCCC3)cn2)n1. The van der Waals surface area contributed by atoms with Crippen molar-refractivity contribution in [3.63, 3.8) is 0 Å². The van der Waals surface area contributed by atoms with Crippen LogP contribution in [0, 0.1) is 13.8 Å². The number of pyridine rings is 1. The molecule has 0 bridgehead atoms. The fraction of sp³-hybridized carbons (Fsp3) is 0.474. The van der Waals surface area contributed by atoms with Crippen molar-refractivity contribution in [1.29, 1.82) is 0 Å². The Hall–Kier alpha value is -2.70. The van der Waals surface area contributed by atoms with Gasteiger partial charge < -0.3 is 10.4 Å². The van der Waals surface area contributed by atoms with Crippen molar-refractivity contribution in [2.45, 2.75) is 57.9 Å². The number of aliphatic carboxylic acids is 1. The van der Waals surface area contributed by atoms with E-state index in [-0.39, 0.29) is 0 Å². The van der Waals surface area contributed by atoms with Crippen LogP contribution in [0.2, 0.25) is 0 Å². The first-order valence-electron chi connectivity index (χ1n) is 8.97. The summed E-state index contributed by atoms with van der Waals surface area (Å²) in [5.74, 6) is -0.740. The topological polar surface area (TPSA) is 97.1 Å². The van der Waals surface area contributed by atoms with E-state index < -0.39 is 17.4 Å². The van der Waals surface area contributed by atoms with Crippen LogP contribution in [0.4, 0.5) is 0 Å². The molecular weight excluding hydrogens is 332 g/mol. The Bertz CT molecular complexity index is 803. The molecule has 0 radical (unpaired) electrons. The molecule has 1 saturated carbocycles. The number of aromatic nitrogens is 3. The maximum absolute atomic E-state index is 12.6. The second-order valence-electron chi connectivity index (χ2n) is 7.00. The Kier molecular flexibility index (Phi) is 5.06. The van der Waals surface area contributed by atoms with Gasteiger partial charge in [0.05, 0.1) is 11.3 Å². The number of carboxylic acid groups (broad SMARTS) is 1. The van der Waals surface area contributed by atoms with Crippen LogP contribution in [0.3, 0.4) is 0 Å². The number of aryl methyl sites for hydroxylation is 2. The predicted molar refractivity (Wildman–Crippen MR) is 96.4 cm³/mol. The minimum absolute atomic E-state index is 0.347. The van der Waals surface area contributed by atoms with Crippen LogP contribution >= 0.6 is 0 Å². The molecule has 26 heavy (non-hydrogen) atoms. The number of carboxylic acids is 1. The number of nitrogens with zero attached hydrogens (tertiary/aromatic N) is 3. The molecule has 1 fully saturated rings. The minimum Gasteiger partial charge on any atom is -0.480 e. The molecule has 7 nitrogen and oxygen atoms in total. The first kappa shape index (κ1) is 18.1. The highest BCUT2D eigenvalue weighted by atomic mass is 16.4. The lowest BCUT2D eigenvalue weighted by Gasteiger charge is -2.29. The van der Waals surface area contributed by atoms with Gasteiger partial charge in [-0.1, -0.05) is 25.7 Å². The van der Waals surface area contributed by atoms with Crippen molar-refractivity contribution in [2.24, 2.45) is 0 Å². The lowest BCUT2D eigenvalue weighted by atomic mass is 9.90. The molecule has 2 heterocycles. The highest BCUT2D eigenvalue weighted by Gasteiger charge is 2.40. The summed E-state index contributed by atoms with van der Waals surface area (Å²) in [6.07, 6.45) is 6.01. The summed E-state index contributed by atoms with van der Waals surface area (Å²) < 4.78 is 1.71. The summed E-state index contributed by atoms with van der Waals surface area (Å²) in [5, 5.41) is 16.8. The summed E-state index contributed by atoms with van der Waals surface area (Å²) in [6.45, 7) is 3.84. The van der Waals surface area contributed by atoms with E-state index in [9.17, 15) is 14.7 Å². The molecule has 0 unspecified atom stereocenters. The molecule has 0 saturated heterocycles. The van der Waals surface area contributed by atoms with Crippen molar-refractivity contribution in [1.82, 2.24) is 20.1 Å². The summed E-state index contributed by atoms with van der Waals surface area (Å²) in [4.78, 5) is 28.8. The molecule has 0 aliphatic heterocycles. The Balaban J connectivity index is 1.79. The molecule has 1 aliphatic carbocycles. The highest BCUT2D eigenvalue weighted by Crippen LogP contribution is 2.28. The van der Waals surface area contributed by atoms with Gasteiger partial charge in [0.2, 0.25) is 0 Å². The Morgan fingerprint density at radius 2 is 1.85 bits per heavy atom. The third-order valence-electron chi connectivity index (χ3n) is 4.96. The maximum atomic E-state index is 12.6. The monoisotopic (exact) mass is 356 g/mol. The number of hydrogen-bond acceptors (Lipinski definition) is 4. The van der Waals surface area contributed by atoms with Gasteiger partial charge in [-0.05, 0) is 44.9 Å². The second kappa shape index (κ2) is 7.27. The molecular formula is C19H24N4O3. The van der Waals surface area contributed by atoms with E-state index in [2.05, 4.69) is 15.4 Å². The van der Waals surface area contributed by atoms with E-state index in [1.165, 1.54) is 6.20 Å². The molecule has 1 amide bonds. The molecule has 138 valence electrons. The molecule has 2 aromatic rings. The predicted octanol–water partition coefficient (Wildman–Crippen LogP) is 2.79. The maximum Gasteiger partial charge on any atom is 0.329 e. The van der Waals surface area contributed by atoms with Crippen LogP contribution in [0.25, 0.3) is 5.82 Å². The summed E-state index contributed by atoms with van der Waals surface area (Å²) >= 11 is 0. The molecule has 2 aromatic heterocycles. The Morgan fingerprint density at radius 1 is 1.15 bits per heavy atom. The van der Waals surface area contributed by atoms with E-state index in [1.54, 1.807) is 16.8 Å². The number of nitrogens with one attached hydrogen (secondary N) is 1. The zero-order valence-electron chi connectivity index (χ0n) is 15.2. The van der Waals surface area contributed by atoms with E-state index in [4.69, 9.17) is 0 Å². The van der Waals surface area contributed by atoms with Crippen LogP contribution in [-0.4, -0.2) is 37.3 Å². The smallest absolute Gasteiger partial charge is 0.329 e. The zero-order valence-corrected chi connectivity index (χ0v) is 15.2. The molecule has 0 spiro atoms. The molecule has 3 rings (SSSR count). The van der Waals surface area contributed by atoms with Gasteiger partial charge in [-0.2, -0.15) is 5.10 Å². The molecule has 0 atom stereocenters. The molecule has 2 N–H and O–H groups in total. The van der Waals surface area contributed by atoms with Crippen molar-refractivity contribution in [2.75, 3.05) is 0 Å². The number of carbonyl (C=O) groups excluding carboxylic acids is 1. The van der Waals surface area contributed by atoms with Gasteiger partial charge in [-0.15, -0.1) is 0 Å². The third-order valence-corrected chi connectivity index (χ3v) is 4.96. The summed E-state index contributed by atoms with van der Waals surface area (Å²) in [7, 11) is 0. The average molecular weight is 356 g/mol. The van der Waals surface area contributed by atoms with Crippen molar-refractivity contribution in [3.8, 4) is 5.82 Å². The average Bonchev–Trinajstić information content (AvgIpc) is 2.81. The van der Waals surface area contributed by atoms with Crippen LogP contribution in [-0.2, 0) is 4.79 Å². The van der Waals surface area contributed by atoms with Crippen molar-refractivity contribution < 1.29 is 14.7 Å². The standard InChI is InChI=1S/C19H24N4O3/c1-13-11-14(2)23(22-13)16-8-7-15(12-20-16)17(24)21-19(18(25)26)9-5-3-4-6-10-19/h7-8,11-12H,3-6,9-10H2,1-2H3,(H,21,24)(H,25,26). The lowest BCUT2D eigenvalue weighted by Crippen LogP contribution is -2.54. The van der Waals surface area contributed by atoms with Gasteiger partial charge in [0.1, 0.15) is 5.54 Å². The number of hydrogen-bond donors (Lipinski definition) is 2. The van der Waals surface area contributed by atoms with Crippen LogP contribution in [0.15, 0.2) is 24.4 Å². The van der Waals surface area contributed by atoms with E-state index >= 15 is 0 Å². The third kappa shape index (κ3) is 3.61. The van der Waals surface area contributed by atoms with Gasteiger partial charge in [0, 0.05) is 11.9 Å². The van der Waals surface area contributed by atoms with Gasteiger partial charge in [0.15, 0.2) is 5.82 Å². The van der Waals surface area contributed by atoms with E-state index in [0.29, 0.717) is 24.2 Å². The summed E-state index contributed by atoms with van der Waals surface area (Å²) in [5.41, 5.74) is 1.01. The quantitative estimate of drug-likeness (QED) is 0.821. The zero-order chi connectivity index (χ0) is 18.7. The van der Waals surface area contributed by atoms with Gasteiger partial charge in [-0.25, -0.2) is 14.5 Å². The molecule has 1 aliphatic rings. The fourth-order valence-electron chi connectivity index (χ4n) is 3.52. The van der Waals surface area contributed by atoms with Crippen LogP contribution in [0.1, 0.15) is 60.3 Å². The molecule has 0 aromatic carbocycles. The molecule has 7 heteroatoms. The van der Waals surface area contributed by atoms with Crippen LogP contribution in [0.5, 0.6) is 0 Å².